The molecule has 0 radical (unpaired) electrons. The van der Waals surface area contributed by atoms with Crippen LogP contribution in [0.1, 0.15) is 26.2 Å². The van der Waals surface area contributed by atoms with Crippen molar-refractivity contribution in [3.63, 3.8) is 0 Å². The maximum Gasteiger partial charge on any atom is 0.573 e. The molecule has 0 saturated heterocycles. The largest absolute Gasteiger partial charge is 0.573 e. The monoisotopic (exact) mass is 430 g/mol. The smallest absolute Gasteiger partial charge is 0.406 e. The fourth-order valence-corrected chi connectivity index (χ4v) is 4.13. The molecule has 29 heavy (non-hydrogen) atoms. The Labute approximate surface area is 169 Å². The van der Waals surface area contributed by atoms with Crippen LogP contribution in [0, 0.1) is 5.92 Å². The molecule has 1 aliphatic carbocycles. The lowest BCUT2D eigenvalue weighted by Gasteiger charge is -2.47. The summed E-state index contributed by atoms with van der Waals surface area (Å²) in [7, 11) is 1.59. The number of nitrogens with two attached hydrogens (primary N) is 1. The molecule has 3 rings (SSSR count). The molecule has 1 saturated carbocycles. The van der Waals surface area contributed by atoms with E-state index in [1.54, 1.807) is 14.0 Å². The number of thiazole rings is 1. The van der Waals surface area contributed by atoms with E-state index in [1.807, 2.05) is 0 Å². The number of amides is 2. The Balaban J connectivity index is 1.78. The summed E-state index contributed by atoms with van der Waals surface area (Å²) in [6.45, 7) is 1.89. The predicted molar refractivity (Wildman–Crippen MR) is 103 cm³/mol. The molecule has 0 bridgehead atoms. The van der Waals surface area contributed by atoms with Crippen LogP contribution in [0.4, 0.5) is 18.3 Å². The summed E-state index contributed by atoms with van der Waals surface area (Å²) in [5, 5.41) is 2.96. The van der Waals surface area contributed by atoms with Gasteiger partial charge in [0, 0.05) is 25.6 Å². The molecule has 0 aliphatic heterocycles. The molecular formula is C18H21F3N4O3S. The number of nitrogens with one attached hydrogen (secondary N) is 1. The third-order valence-corrected chi connectivity index (χ3v) is 6.10. The van der Waals surface area contributed by atoms with Crippen LogP contribution in [0.2, 0.25) is 0 Å². The second-order valence-electron chi connectivity index (χ2n) is 7.07. The van der Waals surface area contributed by atoms with Crippen molar-refractivity contribution in [1.29, 1.82) is 0 Å². The van der Waals surface area contributed by atoms with Crippen molar-refractivity contribution in [2.45, 2.75) is 38.1 Å². The summed E-state index contributed by atoms with van der Waals surface area (Å²) in [5.41, 5.74) is 5.03. The molecule has 1 aliphatic rings. The summed E-state index contributed by atoms with van der Waals surface area (Å²) < 4.78 is 41.5. The highest BCUT2D eigenvalue weighted by Gasteiger charge is 2.50. The number of hydrogen-bond donors (Lipinski definition) is 2. The van der Waals surface area contributed by atoms with Gasteiger partial charge in [0.1, 0.15) is 11.3 Å². The number of likely N-dealkylation sites (N-methyl/N-ethyl adjacent to an activating group) is 1. The Kier molecular flexibility index (Phi) is 5.72. The van der Waals surface area contributed by atoms with Crippen LogP contribution in [-0.2, 0) is 9.59 Å². The number of benzene rings is 1. The van der Waals surface area contributed by atoms with Crippen LogP contribution in [-0.4, -0.2) is 47.2 Å². The summed E-state index contributed by atoms with van der Waals surface area (Å²) in [6.07, 6.45) is -2.94. The maximum absolute atomic E-state index is 13.0. The molecular weight excluding hydrogens is 409 g/mol. The first-order valence-corrected chi connectivity index (χ1v) is 9.83. The van der Waals surface area contributed by atoms with Crippen molar-refractivity contribution < 1.29 is 27.5 Å². The van der Waals surface area contributed by atoms with E-state index >= 15 is 0 Å². The Morgan fingerprint density at radius 2 is 2.10 bits per heavy atom. The molecule has 2 amide bonds. The first kappa shape index (κ1) is 21.3. The third kappa shape index (κ3) is 4.30. The van der Waals surface area contributed by atoms with Gasteiger partial charge in [-0.05, 0) is 31.4 Å². The number of hydrogen-bond acceptors (Lipinski definition) is 6. The van der Waals surface area contributed by atoms with Gasteiger partial charge in [-0.15, -0.1) is 13.2 Å². The molecule has 1 fully saturated rings. The first-order chi connectivity index (χ1) is 13.6. The van der Waals surface area contributed by atoms with Crippen molar-refractivity contribution in [3.05, 3.63) is 18.2 Å². The van der Waals surface area contributed by atoms with Gasteiger partial charge in [-0.3, -0.25) is 14.9 Å². The first-order valence-electron chi connectivity index (χ1n) is 9.01. The van der Waals surface area contributed by atoms with Gasteiger partial charge in [-0.25, -0.2) is 4.98 Å². The van der Waals surface area contributed by atoms with Gasteiger partial charge in [0.2, 0.25) is 5.91 Å². The van der Waals surface area contributed by atoms with Gasteiger partial charge in [0.05, 0.1) is 10.2 Å². The number of ether oxygens (including phenoxy) is 1. The average Bonchev–Trinajstić information content (AvgIpc) is 2.99. The number of anilines is 1. The number of aromatic nitrogens is 1. The van der Waals surface area contributed by atoms with E-state index in [-0.39, 0.29) is 29.2 Å². The van der Waals surface area contributed by atoms with E-state index < -0.39 is 17.8 Å². The summed E-state index contributed by atoms with van der Waals surface area (Å²) >= 11 is 1.03. The van der Waals surface area contributed by atoms with Crippen molar-refractivity contribution >= 4 is 38.5 Å². The Hall–Kier alpha value is -2.40. The molecule has 1 aromatic carbocycles. The van der Waals surface area contributed by atoms with Crippen LogP contribution < -0.4 is 15.8 Å². The molecule has 1 heterocycles. The third-order valence-electron chi connectivity index (χ3n) is 5.17. The van der Waals surface area contributed by atoms with Crippen LogP contribution >= 0.6 is 11.3 Å². The molecule has 158 valence electrons. The second-order valence-corrected chi connectivity index (χ2v) is 8.10. The number of carbonyl (C=O) groups excluding carboxylic acids is 2. The van der Waals surface area contributed by atoms with Gasteiger partial charge in [-0.2, -0.15) is 0 Å². The highest BCUT2D eigenvalue weighted by atomic mass is 32.1. The topological polar surface area (TPSA) is 97.6 Å². The zero-order chi connectivity index (χ0) is 21.4. The van der Waals surface area contributed by atoms with E-state index in [4.69, 9.17) is 5.73 Å². The molecule has 7 nitrogen and oxygen atoms in total. The molecule has 1 aromatic heterocycles. The van der Waals surface area contributed by atoms with Crippen molar-refractivity contribution in [1.82, 2.24) is 9.88 Å². The van der Waals surface area contributed by atoms with Crippen molar-refractivity contribution in [2.75, 3.05) is 18.9 Å². The lowest BCUT2D eigenvalue weighted by Crippen LogP contribution is -2.62. The van der Waals surface area contributed by atoms with Gasteiger partial charge < -0.3 is 15.4 Å². The van der Waals surface area contributed by atoms with Gasteiger partial charge in [0.25, 0.3) is 5.91 Å². The average molecular weight is 430 g/mol. The lowest BCUT2D eigenvalue weighted by atomic mass is 9.74. The number of alkyl halides is 3. The fourth-order valence-electron chi connectivity index (χ4n) is 3.24. The van der Waals surface area contributed by atoms with Crippen LogP contribution in [0.25, 0.3) is 10.2 Å². The van der Waals surface area contributed by atoms with Crippen LogP contribution in [0.5, 0.6) is 5.75 Å². The van der Waals surface area contributed by atoms with E-state index in [2.05, 4.69) is 15.0 Å². The maximum atomic E-state index is 13.0. The minimum Gasteiger partial charge on any atom is -0.406 e. The zero-order valence-corrected chi connectivity index (χ0v) is 16.7. The Morgan fingerprint density at radius 1 is 1.41 bits per heavy atom. The number of fused-ring (bicyclic) bond motifs is 1. The zero-order valence-electron chi connectivity index (χ0n) is 15.9. The molecule has 2 aromatic rings. The Morgan fingerprint density at radius 3 is 2.66 bits per heavy atom. The SMILES string of the molecule is CC(CN)C(=O)N(C)C1(C(=O)Nc2nc3ccc(OC(F)(F)F)cc3s2)CCC1. The number of nitrogens with zero attached hydrogens (tertiary/aromatic N) is 2. The second kappa shape index (κ2) is 7.79. The summed E-state index contributed by atoms with van der Waals surface area (Å²) in [6, 6.07) is 3.77. The lowest BCUT2D eigenvalue weighted by molar-refractivity contribution is -0.274. The van der Waals surface area contributed by atoms with E-state index in [1.165, 1.54) is 17.0 Å². The standard InChI is InChI=1S/C18H21F3N4O3S/c1-10(9-22)14(26)25(2)17(6-3-7-17)15(27)24-16-23-12-5-4-11(8-13(12)29-16)28-18(19,20)21/h4-5,8,10H,3,6-7,9,22H2,1-2H3,(H,23,24,27). The number of rotatable bonds is 6. The molecule has 11 heteroatoms. The van der Waals surface area contributed by atoms with Gasteiger partial charge >= 0.3 is 6.36 Å². The van der Waals surface area contributed by atoms with Crippen molar-refractivity contribution in [3.8, 4) is 5.75 Å². The van der Waals surface area contributed by atoms with E-state index in [9.17, 15) is 22.8 Å². The predicted octanol–water partition coefficient (Wildman–Crippen LogP) is 3.11. The quantitative estimate of drug-likeness (QED) is 0.734. The van der Waals surface area contributed by atoms with Gasteiger partial charge in [-0.1, -0.05) is 18.3 Å². The van der Waals surface area contributed by atoms with E-state index in [0.29, 0.717) is 23.1 Å². The number of carbonyl (C=O) groups is 2. The van der Waals surface area contributed by atoms with Crippen LogP contribution in [0.15, 0.2) is 18.2 Å². The minimum absolute atomic E-state index is 0.182. The summed E-state index contributed by atoms with van der Waals surface area (Å²) in [5.74, 6) is -1.34. The molecule has 1 unspecified atom stereocenters. The normalized spacial score (nSPS) is 16.8. The fraction of sp³-hybridized carbons (Fsp3) is 0.500. The highest BCUT2D eigenvalue weighted by Crippen LogP contribution is 2.39. The Bertz CT molecular complexity index is 927. The molecule has 0 spiro atoms. The number of halogens is 3. The van der Waals surface area contributed by atoms with Crippen molar-refractivity contribution in [2.24, 2.45) is 11.7 Å². The molecule has 3 N–H and O–H groups in total. The van der Waals surface area contributed by atoms with Crippen LogP contribution in [0.3, 0.4) is 0 Å². The highest BCUT2D eigenvalue weighted by molar-refractivity contribution is 7.22. The molecule has 1 atom stereocenters. The summed E-state index contributed by atoms with van der Waals surface area (Å²) in [4.78, 5) is 31.2. The minimum atomic E-state index is -4.79. The van der Waals surface area contributed by atoms with Gasteiger partial charge in [0.15, 0.2) is 5.13 Å². The van der Waals surface area contributed by atoms with E-state index in [0.717, 1.165) is 23.8 Å².